The number of sulfone groups is 1. The lowest BCUT2D eigenvalue weighted by Gasteiger charge is -1.99. The lowest BCUT2D eigenvalue weighted by Crippen LogP contribution is -2.05. The molecule has 0 radical (unpaired) electrons. The summed E-state index contributed by atoms with van der Waals surface area (Å²) in [6, 6.07) is 7.90. The second-order valence-corrected chi connectivity index (χ2v) is 6.51. The standard InChI is InChI=1S/C9H11IO2S/c1-13(11,12)7-6-8-2-4-9(10)5-3-8/h2-5H,6-7H2,1H3. The van der Waals surface area contributed by atoms with Gasteiger partial charge in [0.05, 0.1) is 5.75 Å². The molecule has 0 aliphatic carbocycles. The van der Waals surface area contributed by atoms with E-state index in [1.165, 1.54) is 9.83 Å². The molecule has 1 aromatic carbocycles. The number of benzene rings is 1. The molecule has 0 unspecified atom stereocenters. The molecule has 1 rings (SSSR count). The van der Waals surface area contributed by atoms with Gasteiger partial charge in [-0.3, -0.25) is 0 Å². The highest BCUT2D eigenvalue weighted by Crippen LogP contribution is 2.07. The van der Waals surface area contributed by atoms with Crippen LogP contribution in [0.2, 0.25) is 0 Å². The SMILES string of the molecule is CS(=O)(=O)CCc1ccc(I)cc1. The molecule has 0 aromatic heterocycles. The molecule has 0 aliphatic rings. The maximum absolute atomic E-state index is 10.9. The molecule has 13 heavy (non-hydrogen) atoms. The van der Waals surface area contributed by atoms with Crippen LogP contribution in [0.5, 0.6) is 0 Å². The molecule has 0 heterocycles. The van der Waals surface area contributed by atoms with Crippen LogP contribution in [0.4, 0.5) is 0 Å². The fraction of sp³-hybridized carbons (Fsp3) is 0.333. The molecule has 1 aromatic rings. The molecular formula is C9H11IO2S. The van der Waals surface area contributed by atoms with E-state index in [0.29, 0.717) is 6.42 Å². The van der Waals surface area contributed by atoms with Crippen molar-refractivity contribution in [2.75, 3.05) is 12.0 Å². The van der Waals surface area contributed by atoms with E-state index in [2.05, 4.69) is 22.6 Å². The maximum Gasteiger partial charge on any atom is 0.147 e. The zero-order chi connectivity index (χ0) is 9.90. The van der Waals surface area contributed by atoms with Gasteiger partial charge in [-0.25, -0.2) is 8.42 Å². The lowest BCUT2D eigenvalue weighted by atomic mass is 10.2. The lowest BCUT2D eigenvalue weighted by molar-refractivity contribution is 0.601. The summed E-state index contributed by atoms with van der Waals surface area (Å²) >= 11 is 2.22. The Hall–Kier alpha value is -0.100. The first-order valence-corrected chi connectivity index (χ1v) is 7.03. The number of hydrogen-bond acceptors (Lipinski definition) is 2. The van der Waals surface area contributed by atoms with Crippen molar-refractivity contribution in [1.29, 1.82) is 0 Å². The third-order valence-corrected chi connectivity index (χ3v) is 3.34. The predicted molar refractivity (Wildman–Crippen MR) is 62.6 cm³/mol. The van der Waals surface area contributed by atoms with E-state index in [-0.39, 0.29) is 5.75 Å². The van der Waals surface area contributed by atoms with Crippen LogP contribution >= 0.6 is 22.6 Å². The van der Waals surface area contributed by atoms with Crippen molar-refractivity contribution in [2.45, 2.75) is 6.42 Å². The van der Waals surface area contributed by atoms with Crippen LogP contribution in [0.15, 0.2) is 24.3 Å². The number of rotatable bonds is 3. The van der Waals surface area contributed by atoms with Crippen molar-refractivity contribution < 1.29 is 8.42 Å². The van der Waals surface area contributed by atoms with Crippen LogP contribution in [-0.2, 0) is 16.3 Å². The highest BCUT2D eigenvalue weighted by molar-refractivity contribution is 14.1. The summed E-state index contributed by atoms with van der Waals surface area (Å²) in [7, 11) is -2.83. The third-order valence-electron chi connectivity index (χ3n) is 1.67. The molecule has 0 amide bonds. The second-order valence-electron chi connectivity index (χ2n) is 3.01. The molecule has 0 N–H and O–H groups in total. The molecule has 0 aliphatic heterocycles. The minimum Gasteiger partial charge on any atom is -0.229 e. The summed E-state index contributed by atoms with van der Waals surface area (Å²) in [5.74, 6) is 0.230. The van der Waals surface area contributed by atoms with Gasteiger partial charge in [-0.05, 0) is 46.7 Å². The molecule has 0 fully saturated rings. The average molecular weight is 310 g/mol. The van der Waals surface area contributed by atoms with E-state index >= 15 is 0 Å². The van der Waals surface area contributed by atoms with Crippen molar-refractivity contribution in [3.8, 4) is 0 Å². The Morgan fingerprint density at radius 3 is 2.23 bits per heavy atom. The molecule has 0 atom stereocenters. The Bertz CT molecular complexity index is 367. The van der Waals surface area contributed by atoms with Gasteiger partial charge in [-0.2, -0.15) is 0 Å². The Kier molecular flexibility index (Phi) is 3.73. The van der Waals surface area contributed by atoms with Crippen LogP contribution in [0.25, 0.3) is 0 Å². The average Bonchev–Trinajstić information content (AvgIpc) is 2.02. The number of halogens is 1. The minimum atomic E-state index is -2.83. The van der Waals surface area contributed by atoms with Gasteiger partial charge in [-0.15, -0.1) is 0 Å². The fourth-order valence-electron chi connectivity index (χ4n) is 0.954. The van der Waals surface area contributed by atoms with E-state index in [0.717, 1.165) is 5.56 Å². The van der Waals surface area contributed by atoms with Crippen molar-refractivity contribution in [3.63, 3.8) is 0 Å². The molecular weight excluding hydrogens is 299 g/mol. The molecule has 0 saturated carbocycles. The Morgan fingerprint density at radius 1 is 1.23 bits per heavy atom. The van der Waals surface area contributed by atoms with Gasteiger partial charge in [0.2, 0.25) is 0 Å². The molecule has 0 bridgehead atoms. The van der Waals surface area contributed by atoms with Crippen LogP contribution in [0.1, 0.15) is 5.56 Å². The second kappa shape index (κ2) is 4.41. The fourth-order valence-corrected chi connectivity index (χ4v) is 1.92. The topological polar surface area (TPSA) is 34.1 Å². The highest BCUT2D eigenvalue weighted by atomic mass is 127. The van der Waals surface area contributed by atoms with E-state index in [1.54, 1.807) is 0 Å². The predicted octanol–water partition coefficient (Wildman–Crippen LogP) is 1.88. The van der Waals surface area contributed by atoms with Gasteiger partial charge < -0.3 is 0 Å². The van der Waals surface area contributed by atoms with Gasteiger partial charge in [0.1, 0.15) is 9.84 Å². The first kappa shape index (κ1) is 11.0. The van der Waals surface area contributed by atoms with Gasteiger partial charge in [0.15, 0.2) is 0 Å². The molecule has 0 saturated heterocycles. The van der Waals surface area contributed by atoms with Gasteiger partial charge in [0, 0.05) is 9.83 Å². The van der Waals surface area contributed by atoms with Crippen molar-refractivity contribution in [2.24, 2.45) is 0 Å². The monoisotopic (exact) mass is 310 g/mol. The van der Waals surface area contributed by atoms with E-state index in [9.17, 15) is 8.42 Å². The zero-order valence-electron chi connectivity index (χ0n) is 7.33. The molecule has 0 spiro atoms. The summed E-state index contributed by atoms with van der Waals surface area (Å²) in [6.07, 6.45) is 1.87. The van der Waals surface area contributed by atoms with E-state index in [1.807, 2.05) is 24.3 Å². The summed E-state index contributed by atoms with van der Waals surface area (Å²) in [4.78, 5) is 0. The summed E-state index contributed by atoms with van der Waals surface area (Å²) < 4.78 is 22.9. The Morgan fingerprint density at radius 2 is 1.77 bits per heavy atom. The first-order chi connectivity index (χ1) is 5.97. The van der Waals surface area contributed by atoms with Crippen molar-refractivity contribution in [3.05, 3.63) is 33.4 Å². The summed E-state index contributed by atoms with van der Waals surface area (Å²) in [5, 5.41) is 0. The van der Waals surface area contributed by atoms with E-state index < -0.39 is 9.84 Å². The zero-order valence-corrected chi connectivity index (χ0v) is 10.3. The Labute approximate surface area is 92.4 Å². The minimum absolute atomic E-state index is 0.230. The third kappa shape index (κ3) is 4.61. The normalized spacial score (nSPS) is 11.5. The first-order valence-electron chi connectivity index (χ1n) is 3.89. The van der Waals surface area contributed by atoms with Crippen LogP contribution in [0.3, 0.4) is 0 Å². The molecule has 72 valence electrons. The van der Waals surface area contributed by atoms with Crippen molar-refractivity contribution >= 4 is 32.4 Å². The largest absolute Gasteiger partial charge is 0.229 e. The maximum atomic E-state index is 10.9. The van der Waals surface area contributed by atoms with Crippen LogP contribution < -0.4 is 0 Å². The van der Waals surface area contributed by atoms with Crippen LogP contribution in [0, 0.1) is 3.57 Å². The number of aryl methyl sites for hydroxylation is 1. The van der Waals surface area contributed by atoms with Gasteiger partial charge in [0.25, 0.3) is 0 Å². The van der Waals surface area contributed by atoms with Gasteiger partial charge >= 0.3 is 0 Å². The highest BCUT2D eigenvalue weighted by Gasteiger charge is 2.02. The number of hydrogen-bond donors (Lipinski definition) is 0. The summed E-state index contributed by atoms with van der Waals surface area (Å²) in [5.41, 5.74) is 1.07. The Balaban J connectivity index is 2.61. The van der Waals surface area contributed by atoms with Crippen molar-refractivity contribution in [1.82, 2.24) is 0 Å². The quantitative estimate of drug-likeness (QED) is 0.799. The smallest absolute Gasteiger partial charge is 0.147 e. The van der Waals surface area contributed by atoms with E-state index in [4.69, 9.17) is 0 Å². The molecule has 2 nitrogen and oxygen atoms in total. The van der Waals surface area contributed by atoms with Crippen LogP contribution in [-0.4, -0.2) is 20.4 Å². The summed E-state index contributed by atoms with van der Waals surface area (Å²) in [6.45, 7) is 0. The molecule has 4 heteroatoms. The van der Waals surface area contributed by atoms with Gasteiger partial charge in [-0.1, -0.05) is 12.1 Å².